The summed E-state index contributed by atoms with van der Waals surface area (Å²) in [6.07, 6.45) is 8.21. The Hall–Kier alpha value is -0.840. The Morgan fingerprint density at radius 1 is 1.14 bits per heavy atom. The van der Waals surface area contributed by atoms with Crippen LogP contribution in [0.25, 0.3) is 0 Å². The smallest absolute Gasteiger partial charge is 0.122 e. The number of rotatable bonds is 5. The van der Waals surface area contributed by atoms with Gasteiger partial charge in [0.2, 0.25) is 0 Å². The highest BCUT2D eigenvalue weighted by molar-refractivity contribution is 5.11. The van der Waals surface area contributed by atoms with Gasteiger partial charge in [0.05, 0.1) is 19.3 Å². The fourth-order valence-electron chi connectivity index (χ4n) is 3.69. The number of hydrogen-bond acceptors (Lipinski definition) is 4. The van der Waals surface area contributed by atoms with E-state index in [-0.39, 0.29) is 0 Å². The third kappa shape index (κ3) is 4.34. The fourth-order valence-corrected chi connectivity index (χ4v) is 3.69. The van der Waals surface area contributed by atoms with Gasteiger partial charge < -0.3 is 14.5 Å². The molecule has 1 aromatic rings. The highest BCUT2D eigenvalue weighted by atomic mass is 16.5. The molecule has 1 aliphatic carbocycles. The first kappa shape index (κ1) is 16.0. The minimum absolute atomic E-state index is 0.334. The monoisotopic (exact) mass is 306 g/mol. The zero-order chi connectivity index (χ0) is 15.2. The van der Waals surface area contributed by atoms with Crippen molar-refractivity contribution in [3.8, 4) is 0 Å². The van der Waals surface area contributed by atoms with Gasteiger partial charge in [0.1, 0.15) is 11.5 Å². The molecule has 2 fully saturated rings. The Kier molecular flexibility index (Phi) is 5.93. The van der Waals surface area contributed by atoms with Crippen molar-refractivity contribution in [2.75, 3.05) is 32.8 Å². The molecule has 124 valence electrons. The third-order valence-corrected chi connectivity index (χ3v) is 5.03. The summed E-state index contributed by atoms with van der Waals surface area (Å²) < 4.78 is 11.5. The summed E-state index contributed by atoms with van der Waals surface area (Å²) >= 11 is 0. The molecule has 0 spiro atoms. The molecule has 0 aromatic carbocycles. The molecule has 4 nitrogen and oxygen atoms in total. The molecule has 0 radical (unpaired) electrons. The molecule has 0 bridgehead atoms. The second kappa shape index (κ2) is 8.14. The van der Waals surface area contributed by atoms with E-state index in [1.807, 2.05) is 6.92 Å². The van der Waals surface area contributed by atoms with E-state index in [0.29, 0.717) is 12.1 Å². The van der Waals surface area contributed by atoms with Crippen LogP contribution >= 0.6 is 0 Å². The van der Waals surface area contributed by atoms with Gasteiger partial charge in [0.15, 0.2) is 0 Å². The summed E-state index contributed by atoms with van der Waals surface area (Å²) in [6, 6.07) is 5.24. The predicted octanol–water partition coefficient (Wildman–Crippen LogP) is 3.27. The number of furan rings is 1. The summed E-state index contributed by atoms with van der Waals surface area (Å²) in [4.78, 5) is 2.51. The maximum Gasteiger partial charge on any atom is 0.122 e. The molecule has 1 saturated heterocycles. The predicted molar refractivity (Wildman–Crippen MR) is 88.1 cm³/mol. The summed E-state index contributed by atoms with van der Waals surface area (Å²) in [6.45, 7) is 6.67. The van der Waals surface area contributed by atoms with Gasteiger partial charge in [-0.2, -0.15) is 0 Å². The molecular formula is C18H30N2O2. The minimum Gasteiger partial charge on any atom is -0.465 e. The van der Waals surface area contributed by atoms with Crippen LogP contribution in [0.1, 0.15) is 56.1 Å². The van der Waals surface area contributed by atoms with Crippen molar-refractivity contribution in [2.45, 2.75) is 57.5 Å². The quantitative estimate of drug-likeness (QED) is 0.847. The average Bonchev–Trinajstić information content (AvgIpc) is 2.81. The van der Waals surface area contributed by atoms with Gasteiger partial charge in [-0.05, 0) is 31.9 Å². The van der Waals surface area contributed by atoms with E-state index < -0.39 is 0 Å². The lowest BCUT2D eigenvalue weighted by atomic mass is 10.1. The topological polar surface area (TPSA) is 37.6 Å². The molecular weight excluding hydrogens is 276 g/mol. The first-order valence-electron chi connectivity index (χ1n) is 8.94. The molecule has 1 N–H and O–H groups in total. The van der Waals surface area contributed by atoms with Gasteiger partial charge in [0.25, 0.3) is 0 Å². The molecule has 2 aliphatic rings. The molecule has 4 heteroatoms. The molecule has 1 aliphatic heterocycles. The molecule has 1 atom stereocenters. The zero-order valence-corrected chi connectivity index (χ0v) is 13.9. The highest BCUT2D eigenvalue weighted by Gasteiger charge is 2.26. The van der Waals surface area contributed by atoms with Gasteiger partial charge >= 0.3 is 0 Å². The summed E-state index contributed by atoms with van der Waals surface area (Å²) in [5, 5.41) is 3.82. The third-order valence-electron chi connectivity index (χ3n) is 5.03. The van der Waals surface area contributed by atoms with E-state index in [1.165, 1.54) is 38.5 Å². The Morgan fingerprint density at radius 2 is 1.86 bits per heavy atom. The van der Waals surface area contributed by atoms with Gasteiger partial charge in [-0.1, -0.05) is 25.7 Å². The molecule has 0 amide bonds. The lowest BCUT2D eigenvalue weighted by Crippen LogP contribution is -2.44. The van der Waals surface area contributed by atoms with Gasteiger partial charge in [-0.15, -0.1) is 0 Å². The van der Waals surface area contributed by atoms with Gasteiger partial charge in [-0.25, -0.2) is 0 Å². The average molecular weight is 306 g/mol. The second-order valence-electron chi connectivity index (χ2n) is 6.71. The Bertz CT molecular complexity index is 432. The molecule has 2 heterocycles. The number of morpholine rings is 1. The van der Waals surface area contributed by atoms with E-state index in [1.54, 1.807) is 0 Å². The van der Waals surface area contributed by atoms with Crippen LogP contribution in [0.4, 0.5) is 0 Å². The van der Waals surface area contributed by atoms with Crippen LogP contribution in [0.5, 0.6) is 0 Å². The Labute approximate surface area is 134 Å². The van der Waals surface area contributed by atoms with Crippen molar-refractivity contribution in [1.29, 1.82) is 0 Å². The highest BCUT2D eigenvalue weighted by Crippen LogP contribution is 2.24. The van der Waals surface area contributed by atoms with Crippen LogP contribution in [0.15, 0.2) is 16.5 Å². The van der Waals surface area contributed by atoms with E-state index >= 15 is 0 Å². The fraction of sp³-hybridized carbons (Fsp3) is 0.778. The zero-order valence-electron chi connectivity index (χ0n) is 13.9. The Balaban J connectivity index is 1.62. The number of ether oxygens (including phenoxy) is 1. The SMILES string of the molecule is Cc1ccc(C(CNC2CCCCCC2)N2CCOCC2)o1. The first-order valence-corrected chi connectivity index (χ1v) is 8.94. The first-order chi connectivity index (χ1) is 10.8. The molecule has 1 saturated carbocycles. The maximum absolute atomic E-state index is 5.94. The Morgan fingerprint density at radius 3 is 2.50 bits per heavy atom. The van der Waals surface area contributed by atoms with Crippen molar-refractivity contribution in [3.63, 3.8) is 0 Å². The van der Waals surface area contributed by atoms with Crippen molar-refractivity contribution < 1.29 is 9.15 Å². The number of aryl methyl sites for hydroxylation is 1. The number of hydrogen-bond donors (Lipinski definition) is 1. The molecule has 1 aromatic heterocycles. The maximum atomic E-state index is 5.94. The lowest BCUT2D eigenvalue weighted by Gasteiger charge is -2.34. The van der Waals surface area contributed by atoms with E-state index in [9.17, 15) is 0 Å². The molecule has 3 rings (SSSR count). The van der Waals surface area contributed by atoms with Crippen LogP contribution < -0.4 is 5.32 Å². The summed E-state index contributed by atoms with van der Waals surface area (Å²) in [7, 11) is 0. The van der Waals surface area contributed by atoms with Crippen LogP contribution in [-0.2, 0) is 4.74 Å². The van der Waals surface area contributed by atoms with Crippen LogP contribution in [0, 0.1) is 6.92 Å². The van der Waals surface area contributed by atoms with Gasteiger partial charge in [0, 0.05) is 25.7 Å². The summed E-state index contributed by atoms with van der Waals surface area (Å²) in [5.74, 6) is 2.10. The molecule has 22 heavy (non-hydrogen) atoms. The lowest BCUT2D eigenvalue weighted by molar-refractivity contribution is 0.0109. The minimum atomic E-state index is 0.334. The van der Waals surface area contributed by atoms with Crippen LogP contribution in [0.3, 0.4) is 0 Å². The van der Waals surface area contributed by atoms with E-state index in [2.05, 4.69) is 22.3 Å². The van der Waals surface area contributed by atoms with Crippen molar-refractivity contribution in [3.05, 3.63) is 23.7 Å². The second-order valence-corrected chi connectivity index (χ2v) is 6.71. The number of nitrogens with zero attached hydrogens (tertiary/aromatic N) is 1. The van der Waals surface area contributed by atoms with Crippen LogP contribution in [0.2, 0.25) is 0 Å². The van der Waals surface area contributed by atoms with Crippen molar-refractivity contribution in [1.82, 2.24) is 10.2 Å². The molecule has 1 unspecified atom stereocenters. The largest absolute Gasteiger partial charge is 0.465 e. The summed E-state index contributed by atoms with van der Waals surface area (Å²) in [5.41, 5.74) is 0. The van der Waals surface area contributed by atoms with E-state index in [0.717, 1.165) is 44.4 Å². The van der Waals surface area contributed by atoms with Gasteiger partial charge in [-0.3, -0.25) is 4.90 Å². The van der Waals surface area contributed by atoms with Crippen LogP contribution in [-0.4, -0.2) is 43.8 Å². The van der Waals surface area contributed by atoms with Crippen molar-refractivity contribution in [2.24, 2.45) is 0 Å². The van der Waals surface area contributed by atoms with Crippen molar-refractivity contribution >= 4 is 0 Å². The van der Waals surface area contributed by atoms with E-state index in [4.69, 9.17) is 9.15 Å². The normalized spacial score (nSPS) is 23.3. The number of nitrogens with one attached hydrogen (secondary N) is 1. The standard InChI is InChI=1S/C18H30N2O2/c1-15-8-9-18(22-15)17(20-10-12-21-13-11-20)14-19-16-6-4-2-3-5-7-16/h8-9,16-17,19H,2-7,10-14H2,1H3.